The van der Waals surface area contributed by atoms with Gasteiger partial charge in [-0.05, 0) is 32.8 Å². The molecule has 0 saturated heterocycles. The lowest BCUT2D eigenvalue weighted by molar-refractivity contribution is 0.0503. The topological polar surface area (TPSA) is 120 Å². The molecule has 0 aliphatic carbocycles. The summed E-state index contributed by atoms with van der Waals surface area (Å²) in [4.78, 5) is 37.5. The number of aromatic nitrogens is 3. The highest BCUT2D eigenvalue weighted by atomic mass is 32.1. The highest BCUT2D eigenvalue weighted by Gasteiger charge is 2.24. The number of alkyl carbamates (subject to hydrolysis) is 1. The summed E-state index contributed by atoms with van der Waals surface area (Å²) in [5.74, 6) is -0.566. The number of thiazole rings is 3. The van der Waals surface area contributed by atoms with Crippen LogP contribution in [-0.4, -0.2) is 32.6 Å². The number of amides is 2. The third-order valence-corrected chi connectivity index (χ3v) is 7.18. The molecule has 0 unspecified atom stereocenters. The quantitative estimate of drug-likeness (QED) is 0.346. The van der Waals surface area contributed by atoms with E-state index < -0.39 is 17.6 Å². The van der Waals surface area contributed by atoms with Crippen molar-refractivity contribution < 1.29 is 14.3 Å². The number of carbonyl (C=O) groups is 2. The molecule has 0 aliphatic heterocycles. The minimum Gasteiger partial charge on any atom is -0.444 e. The van der Waals surface area contributed by atoms with Crippen LogP contribution in [0.2, 0.25) is 0 Å². The normalized spacial score (nSPS) is 12.3. The summed E-state index contributed by atoms with van der Waals surface area (Å²) in [5, 5.41) is 10.5. The number of nitrogens with zero attached hydrogens (tertiary/aromatic N) is 3. The van der Waals surface area contributed by atoms with E-state index >= 15 is 0 Å². The summed E-state index contributed by atoms with van der Waals surface area (Å²) >= 11 is 4.21. The molecule has 11 heteroatoms. The van der Waals surface area contributed by atoms with E-state index in [1.807, 2.05) is 61.9 Å². The monoisotopic (exact) mass is 513 g/mol. The summed E-state index contributed by atoms with van der Waals surface area (Å²) in [6.45, 7) is 5.49. The SMILES string of the molecule is CC(C)(C)OC(=O)N[C@@H](Cc1ccccc1)c1nc(-c2nc(-c3nc(C(N)=O)cs3)cs2)cs1. The molecule has 3 N–H and O–H groups in total. The van der Waals surface area contributed by atoms with Crippen molar-refractivity contribution in [1.82, 2.24) is 20.3 Å². The minimum absolute atomic E-state index is 0.225. The summed E-state index contributed by atoms with van der Waals surface area (Å²) in [7, 11) is 0. The molecule has 8 nitrogen and oxygen atoms in total. The zero-order valence-electron chi connectivity index (χ0n) is 18.8. The second kappa shape index (κ2) is 10.00. The van der Waals surface area contributed by atoms with Gasteiger partial charge in [-0.1, -0.05) is 30.3 Å². The molecular formula is C23H23N5O3S3. The van der Waals surface area contributed by atoms with Crippen LogP contribution in [0.1, 0.15) is 47.9 Å². The largest absolute Gasteiger partial charge is 0.444 e. The average molecular weight is 514 g/mol. The lowest BCUT2D eigenvalue weighted by atomic mass is 10.1. The number of carbonyl (C=O) groups excluding carboxylic acids is 2. The van der Waals surface area contributed by atoms with Crippen LogP contribution in [0.3, 0.4) is 0 Å². The molecule has 2 amide bonds. The van der Waals surface area contributed by atoms with Crippen LogP contribution in [0, 0.1) is 0 Å². The van der Waals surface area contributed by atoms with Gasteiger partial charge >= 0.3 is 6.09 Å². The van der Waals surface area contributed by atoms with Crippen LogP contribution in [-0.2, 0) is 11.2 Å². The van der Waals surface area contributed by atoms with E-state index in [1.165, 1.54) is 34.0 Å². The fourth-order valence-corrected chi connectivity index (χ4v) is 5.58. The van der Waals surface area contributed by atoms with Gasteiger partial charge in [0.1, 0.15) is 37.7 Å². The Morgan fingerprint density at radius 2 is 1.62 bits per heavy atom. The maximum Gasteiger partial charge on any atom is 0.408 e. The van der Waals surface area contributed by atoms with Crippen molar-refractivity contribution in [3.8, 4) is 21.4 Å². The Morgan fingerprint density at radius 3 is 2.29 bits per heavy atom. The van der Waals surface area contributed by atoms with Gasteiger partial charge in [0.2, 0.25) is 0 Å². The molecule has 1 aromatic carbocycles. The number of hydrogen-bond acceptors (Lipinski definition) is 9. The Balaban J connectivity index is 1.56. The first kappa shape index (κ1) is 24.0. The van der Waals surface area contributed by atoms with Crippen molar-refractivity contribution >= 4 is 46.0 Å². The average Bonchev–Trinajstić information content (AvgIpc) is 3.52. The Morgan fingerprint density at radius 1 is 0.971 bits per heavy atom. The van der Waals surface area contributed by atoms with Gasteiger partial charge in [-0.25, -0.2) is 19.7 Å². The maximum absolute atomic E-state index is 12.5. The van der Waals surface area contributed by atoms with Crippen LogP contribution in [0.5, 0.6) is 0 Å². The van der Waals surface area contributed by atoms with Crippen molar-refractivity contribution in [3.05, 3.63) is 62.7 Å². The van der Waals surface area contributed by atoms with Gasteiger partial charge < -0.3 is 15.8 Å². The molecule has 34 heavy (non-hydrogen) atoms. The third kappa shape index (κ3) is 6.04. The molecular weight excluding hydrogens is 490 g/mol. The maximum atomic E-state index is 12.5. The van der Waals surface area contributed by atoms with Crippen LogP contribution in [0.15, 0.2) is 46.5 Å². The number of benzene rings is 1. The van der Waals surface area contributed by atoms with Gasteiger partial charge in [0.25, 0.3) is 5.91 Å². The highest BCUT2D eigenvalue weighted by molar-refractivity contribution is 7.16. The Kier molecular flexibility index (Phi) is 7.05. The summed E-state index contributed by atoms with van der Waals surface area (Å²) in [5.41, 5.74) is 7.38. The van der Waals surface area contributed by atoms with Crippen LogP contribution < -0.4 is 11.1 Å². The van der Waals surface area contributed by atoms with E-state index in [9.17, 15) is 9.59 Å². The lowest BCUT2D eigenvalue weighted by Crippen LogP contribution is -2.35. The van der Waals surface area contributed by atoms with E-state index in [0.717, 1.165) is 15.6 Å². The molecule has 3 aromatic heterocycles. The van der Waals surface area contributed by atoms with Crippen LogP contribution >= 0.6 is 34.0 Å². The van der Waals surface area contributed by atoms with E-state index in [2.05, 4.69) is 15.3 Å². The summed E-state index contributed by atoms with van der Waals surface area (Å²) in [6.07, 6.45) is 0.0845. The second-order valence-corrected chi connectivity index (χ2v) is 11.0. The number of hydrogen-bond donors (Lipinski definition) is 2. The van der Waals surface area contributed by atoms with E-state index in [-0.39, 0.29) is 11.7 Å². The number of nitrogens with one attached hydrogen (secondary N) is 1. The number of rotatable bonds is 7. The molecule has 4 aromatic rings. The second-order valence-electron chi connectivity index (χ2n) is 8.40. The first-order valence-electron chi connectivity index (χ1n) is 10.4. The van der Waals surface area contributed by atoms with E-state index in [1.54, 1.807) is 5.38 Å². The Hall–Kier alpha value is -3.15. The fourth-order valence-electron chi connectivity index (χ4n) is 3.04. The summed E-state index contributed by atoms with van der Waals surface area (Å²) in [6, 6.07) is 9.56. The first-order chi connectivity index (χ1) is 16.2. The Labute approximate surface area is 208 Å². The molecule has 0 saturated carbocycles. The molecule has 3 heterocycles. The smallest absolute Gasteiger partial charge is 0.408 e. The van der Waals surface area contributed by atoms with Gasteiger partial charge in [-0.2, -0.15) is 0 Å². The predicted octanol–water partition coefficient (Wildman–Crippen LogP) is 5.30. The van der Waals surface area contributed by atoms with Crippen molar-refractivity contribution in [2.75, 3.05) is 0 Å². The molecule has 0 fully saturated rings. The molecule has 0 spiro atoms. The standard InChI is InChI=1S/C23H23N5O3S3/c1-23(2,3)31-22(30)28-14(9-13-7-5-4-6-8-13)19-26-17(11-33-19)21-27-16(12-34-21)20-25-15(10-32-20)18(24)29/h4-8,10-12,14H,9H2,1-3H3,(H2,24,29)(H,28,30)/t14-/m0/s1. The number of ether oxygens (including phenoxy) is 1. The van der Waals surface area contributed by atoms with Crippen molar-refractivity contribution in [2.45, 2.75) is 38.8 Å². The first-order valence-corrected chi connectivity index (χ1v) is 13.0. The van der Waals surface area contributed by atoms with Crippen LogP contribution in [0.4, 0.5) is 4.79 Å². The predicted molar refractivity (Wildman–Crippen MR) is 135 cm³/mol. The summed E-state index contributed by atoms with van der Waals surface area (Å²) < 4.78 is 5.47. The third-order valence-electron chi connectivity index (χ3n) is 4.49. The molecule has 0 aliphatic rings. The number of primary amides is 1. The van der Waals surface area contributed by atoms with E-state index in [4.69, 9.17) is 15.5 Å². The number of nitrogens with two attached hydrogens (primary N) is 1. The minimum atomic E-state index is -0.600. The molecule has 0 bridgehead atoms. The zero-order chi connectivity index (χ0) is 24.3. The van der Waals surface area contributed by atoms with Gasteiger partial charge in [-0.3, -0.25) is 4.79 Å². The lowest BCUT2D eigenvalue weighted by Gasteiger charge is -2.23. The van der Waals surface area contributed by atoms with Crippen molar-refractivity contribution in [3.63, 3.8) is 0 Å². The molecule has 4 rings (SSSR count). The fraction of sp³-hybridized carbons (Fsp3) is 0.261. The molecule has 176 valence electrons. The van der Waals surface area contributed by atoms with Gasteiger partial charge in [-0.15, -0.1) is 34.0 Å². The molecule has 0 radical (unpaired) electrons. The van der Waals surface area contributed by atoms with E-state index in [0.29, 0.717) is 22.8 Å². The van der Waals surface area contributed by atoms with Crippen molar-refractivity contribution in [1.29, 1.82) is 0 Å². The van der Waals surface area contributed by atoms with Crippen molar-refractivity contribution in [2.24, 2.45) is 5.73 Å². The highest BCUT2D eigenvalue weighted by Crippen LogP contribution is 2.33. The van der Waals surface area contributed by atoms with Gasteiger partial charge in [0.15, 0.2) is 0 Å². The van der Waals surface area contributed by atoms with Gasteiger partial charge in [0.05, 0.1) is 6.04 Å². The molecule has 1 atom stereocenters. The zero-order valence-corrected chi connectivity index (χ0v) is 21.2. The van der Waals surface area contributed by atoms with Crippen LogP contribution in [0.25, 0.3) is 21.4 Å². The Bertz CT molecular complexity index is 1290. The van der Waals surface area contributed by atoms with Gasteiger partial charge in [0, 0.05) is 16.1 Å².